The van der Waals surface area contributed by atoms with Crippen molar-refractivity contribution in [2.24, 2.45) is 0 Å². The first-order chi connectivity index (χ1) is 6.88. The van der Waals surface area contributed by atoms with Gasteiger partial charge in [-0.05, 0) is 19.4 Å². The smallest absolute Gasteiger partial charge is 0.124 e. The monoisotopic (exact) mass is 193 g/mol. The van der Waals surface area contributed by atoms with Crippen molar-refractivity contribution in [2.45, 2.75) is 20.0 Å². The molecular formula is C12H17O2. The molecule has 0 N–H and O–H groups in total. The minimum atomic E-state index is 0.603. The van der Waals surface area contributed by atoms with Crippen molar-refractivity contribution >= 4 is 0 Å². The highest BCUT2D eigenvalue weighted by Gasteiger charge is 2.01. The first-order valence-corrected chi connectivity index (χ1v) is 4.96. The molecule has 0 fully saturated rings. The second-order valence-corrected chi connectivity index (χ2v) is 2.95. The number of para-hydroxylation sites is 1. The molecule has 1 radical (unpaired) electrons. The highest BCUT2D eigenvalue weighted by Crippen LogP contribution is 2.18. The third-order valence-electron chi connectivity index (χ3n) is 1.82. The first kappa shape index (κ1) is 11.1. The molecule has 0 amide bonds. The molecule has 0 bridgehead atoms. The van der Waals surface area contributed by atoms with Crippen molar-refractivity contribution in [1.29, 1.82) is 0 Å². The number of hydrogen-bond acceptors (Lipinski definition) is 2. The third kappa shape index (κ3) is 3.38. The van der Waals surface area contributed by atoms with E-state index in [2.05, 4.69) is 6.92 Å². The molecule has 1 aromatic rings. The largest absolute Gasteiger partial charge is 0.494 e. The van der Waals surface area contributed by atoms with E-state index >= 15 is 0 Å². The lowest BCUT2D eigenvalue weighted by Crippen LogP contribution is -1.99. The fraction of sp³-hybridized carbons (Fsp3) is 0.417. The molecule has 0 heterocycles. The molecule has 14 heavy (non-hydrogen) atoms. The number of ether oxygens (including phenoxy) is 2. The maximum Gasteiger partial charge on any atom is 0.124 e. The zero-order chi connectivity index (χ0) is 10.2. The van der Waals surface area contributed by atoms with E-state index in [0.717, 1.165) is 17.7 Å². The summed E-state index contributed by atoms with van der Waals surface area (Å²) in [4.78, 5) is 0. The van der Waals surface area contributed by atoms with E-state index in [4.69, 9.17) is 9.47 Å². The van der Waals surface area contributed by atoms with Gasteiger partial charge in [-0.3, -0.25) is 0 Å². The summed E-state index contributed by atoms with van der Waals surface area (Å²) in [6.07, 6.45) is 0.802. The van der Waals surface area contributed by atoms with Gasteiger partial charge >= 0.3 is 0 Å². The predicted octanol–water partition coefficient (Wildman–Crippen LogP) is 2.83. The molecule has 0 saturated carbocycles. The summed E-state index contributed by atoms with van der Waals surface area (Å²) < 4.78 is 10.9. The Balaban J connectivity index is 2.55. The first-order valence-electron chi connectivity index (χ1n) is 4.96. The molecule has 0 spiro atoms. The van der Waals surface area contributed by atoms with E-state index in [9.17, 15) is 0 Å². The highest BCUT2D eigenvalue weighted by atomic mass is 16.5. The van der Waals surface area contributed by atoms with Gasteiger partial charge in [-0.25, -0.2) is 0 Å². The molecule has 0 aliphatic heterocycles. The summed E-state index contributed by atoms with van der Waals surface area (Å²) in [5.41, 5.74) is 1.10. The molecule has 1 aromatic carbocycles. The van der Waals surface area contributed by atoms with Crippen LogP contribution in [0.1, 0.15) is 18.9 Å². The Hall–Kier alpha value is -1.02. The van der Waals surface area contributed by atoms with Crippen LogP contribution in [0.25, 0.3) is 0 Å². The van der Waals surface area contributed by atoms with E-state index in [1.807, 2.05) is 31.2 Å². The second kappa shape index (κ2) is 6.44. The molecule has 0 saturated heterocycles. The van der Waals surface area contributed by atoms with Gasteiger partial charge in [0.2, 0.25) is 0 Å². The fourth-order valence-electron chi connectivity index (χ4n) is 1.20. The lowest BCUT2D eigenvalue weighted by molar-refractivity contribution is 0.122. The lowest BCUT2D eigenvalue weighted by Gasteiger charge is -2.09. The van der Waals surface area contributed by atoms with E-state index in [0.29, 0.717) is 19.8 Å². The Morgan fingerprint density at radius 3 is 2.79 bits per heavy atom. The van der Waals surface area contributed by atoms with Crippen LogP contribution in [0, 0.1) is 6.92 Å². The van der Waals surface area contributed by atoms with E-state index < -0.39 is 0 Å². The van der Waals surface area contributed by atoms with Crippen molar-refractivity contribution in [2.75, 3.05) is 13.2 Å². The van der Waals surface area contributed by atoms with Crippen molar-refractivity contribution in [3.63, 3.8) is 0 Å². The molecule has 0 atom stereocenters. The second-order valence-electron chi connectivity index (χ2n) is 2.95. The summed E-state index contributed by atoms with van der Waals surface area (Å²) in [5.74, 6) is 0.916. The summed E-state index contributed by atoms with van der Waals surface area (Å²) in [6, 6.07) is 7.95. The van der Waals surface area contributed by atoms with Gasteiger partial charge in [-0.1, -0.05) is 25.1 Å². The maximum atomic E-state index is 5.47. The number of hydrogen-bond donors (Lipinski definition) is 0. The average Bonchev–Trinajstić information content (AvgIpc) is 2.21. The van der Waals surface area contributed by atoms with Crippen molar-refractivity contribution < 1.29 is 9.47 Å². The van der Waals surface area contributed by atoms with Crippen LogP contribution < -0.4 is 4.74 Å². The minimum absolute atomic E-state index is 0.603. The fourth-order valence-corrected chi connectivity index (χ4v) is 1.20. The standard InChI is InChI=1S/C12H17O2/c1-3-9-13-10-11-7-5-6-8-12(11)14-4-2/h5-8H,1,3-4,9-10H2,2H3. The molecule has 2 heteroatoms. The van der Waals surface area contributed by atoms with Gasteiger partial charge in [0.25, 0.3) is 0 Å². The number of benzene rings is 1. The van der Waals surface area contributed by atoms with Crippen LogP contribution >= 0.6 is 0 Å². The topological polar surface area (TPSA) is 18.5 Å². The molecule has 0 unspecified atom stereocenters. The van der Waals surface area contributed by atoms with Gasteiger partial charge in [0, 0.05) is 12.2 Å². The van der Waals surface area contributed by atoms with Crippen molar-refractivity contribution in [3.05, 3.63) is 36.8 Å². The van der Waals surface area contributed by atoms with Crippen LogP contribution in [-0.4, -0.2) is 13.2 Å². The van der Waals surface area contributed by atoms with E-state index in [-0.39, 0.29) is 0 Å². The van der Waals surface area contributed by atoms with Crippen LogP contribution in [0.15, 0.2) is 24.3 Å². The summed E-state index contributed by atoms with van der Waals surface area (Å²) in [5, 5.41) is 0. The van der Waals surface area contributed by atoms with E-state index in [1.165, 1.54) is 0 Å². The third-order valence-corrected chi connectivity index (χ3v) is 1.82. The Bertz CT molecular complexity index is 258. The Morgan fingerprint density at radius 1 is 1.29 bits per heavy atom. The Kier molecular flexibility index (Phi) is 5.08. The van der Waals surface area contributed by atoms with E-state index in [1.54, 1.807) is 0 Å². The molecule has 0 aliphatic rings. The minimum Gasteiger partial charge on any atom is -0.494 e. The van der Waals surface area contributed by atoms with Crippen molar-refractivity contribution in [3.8, 4) is 5.75 Å². The van der Waals surface area contributed by atoms with Crippen LogP contribution in [0.4, 0.5) is 0 Å². The zero-order valence-corrected chi connectivity index (χ0v) is 8.66. The lowest BCUT2D eigenvalue weighted by atomic mass is 10.2. The van der Waals surface area contributed by atoms with Crippen LogP contribution in [0.3, 0.4) is 0 Å². The molecule has 1 rings (SSSR count). The van der Waals surface area contributed by atoms with Gasteiger partial charge in [-0.2, -0.15) is 0 Å². The summed E-state index contributed by atoms with van der Waals surface area (Å²) in [6.45, 7) is 7.68. The van der Waals surface area contributed by atoms with Gasteiger partial charge in [0.1, 0.15) is 5.75 Å². The molecule has 0 aromatic heterocycles. The molecule has 0 aliphatic carbocycles. The molecule has 77 valence electrons. The average molecular weight is 193 g/mol. The summed E-state index contributed by atoms with van der Waals surface area (Å²) in [7, 11) is 0. The van der Waals surface area contributed by atoms with Crippen molar-refractivity contribution in [1.82, 2.24) is 0 Å². The Morgan fingerprint density at radius 2 is 2.07 bits per heavy atom. The normalized spacial score (nSPS) is 10.1. The van der Waals surface area contributed by atoms with Crippen LogP contribution in [-0.2, 0) is 11.3 Å². The van der Waals surface area contributed by atoms with Crippen LogP contribution in [0.5, 0.6) is 5.75 Å². The summed E-state index contributed by atoms with van der Waals surface area (Å²) >= 11 is 0. The SMILES string of the molecule is [CH2]CCOCc1ccccc1OCC. The van der Waals surface area contributed by atoms with Gasteiger partial charge in [-0.15, -0.1) is 0 Å². The molecular weight excluding hydrogens is 176 g/mol. The Labute approximate surface area is 85.8 Å². The maximum absolute atomic E-state index is 5.47. The highest BCUT2D eigenvalue weighted by molar-refractivity contribution is 5.32. The van der Waals surface area contributed by atoms with Gasteiger partial charge in [0.15, 0.2) is 0 Å². The quantitative estimate of drug-likeness (QED) is 0.647. The van der Waals surface area contributed by atoms with Crippen LogP contribution in [0.2, 0.25) is 0 Å². The zero-order valence-electron chi connectivity index (χ0n) is 8.66. The number of rotatable bonds is 6. The molecule has 2 nitrogen and oxygen atoms in total. The predicted molar refractivity (Wildman–Crippen MR) is 57.2 cm³/mol. The van der Waals surface area contributed by atoms with Gasteiger partial charge < -0.3 is 9.47 Å². The van der Waals surface area contributed by atoms with Gasteiger partial charge in [0.05, 0.1) is 13.2 Å².